The molecule has 0 aromatic heterocycles. The molecule has 1 amide bonds. The van der Waals surface area contributed by atoms with Crippen molar-refractivity contribution in [2.24, 2.45) is 0 Å². The van der Waals surface area contributed by atoms with Crippen LogP contribution in [0.15, 0.2) is 22.7 Å². The van der Waals surface area contributed by atoms with Gasteiger partial charge >= 0.3 is 53.8 Å². The Bertz CT molecular complexity index is 961. The number of nitrogens with one attached hydrogen (secondary N) is 1. The molecule has 0 bridgehead atoms. The summed E-state index contributed by atoms with van der Waals surface area (Å²) >= 11 is 2.61. The van der Waals surface area contributed by atoms with E-state index in [2.05, 4.69) is 15.9 Å². The summed E-state index contributed by atoms with van der Waals surface area (Å²) in [5.74, 6) is -59.8. The monoisotopic (exact) mass is 613 g/mol. The van der Waals surface area contributed by atoms with Crippen molar-refractivity contribution < 1.29 is 75.0 Å². The Labute approximate surface area is 191 Å². The molecule has 0 saturated carbocycles. The minimum absolute atomic E-state index is 0.335. The topological polar surface area (TPSA) is 29.1 Å². The summed E-state index contributed by atoms with van der Waals surface area (Å²) in [6.45, 7) is 1.37. The first kappa shape index (κ1) is 31.1. The largest absolute Gasteiger partial charge is 0.393 e. The van der Waals surface area contributed by atoms with Crippen molar-refractivity contribution in [1.29, 1.82) is 0 Å². The molecule has 35 heavy (non-hydrogen) atoms. The van der Waals surface area contributed by atoms with Gasteiger partial charge in [-0.25, -0.2) is 8.78 Å². The number of alkyl halides is 16. The smallest absolute Gasteiger partial charge is 0.320 e. The number of halogens is 17. The third-order valence-corrected chi connectivity index (χ3v) is 4.98. The molecule has 0 heterocycles. The summed E-state index contributed by atoms with van der Waals surface area (Å²) in [6, 6.07) is 2.74. The molecule has 1 aromatic rings. The van der Waals surface area contributed by atoms with Crippen LogP contribution in [0.25, 0.3) is 0 Å². The van der Waals surface area contributed by atoms with Crippen molar-refractivity contribution in [3.05, 3.63) is 28.2 Å². The quantitative estimate of drug-likeness (QED) is 0.289. The van der Waals surface area contributed by atoms with Crippen molar-refractivity contribution in [2.75, 3.05) is 5.32 Å². The number of anilines is 1. The van der Waals surface area contributed by atoms with E-state index in [0.29, 0.717) is 11.6 Å². The van der Waals surface area contributed by atoms with Crippen LogP contribution in [0.5, 0.6) is 0 Å². The molecule has 0 fully saturated rings. The molecule has 2 nitrogen and oxygen atoms in total. The first-order chi connectivity index (χ1) is 15.2. The first-order valence-corrected chi connectivity index (χ1v) is 9.05. The molecule has 0 aliphatic rings. The molecule has 0 unspecified atom stereocenters. The third-order valence-electron chi connectivity index (χ3n) is 4.32. The van der Waals surface area contributed by atoms with Gasteiger partial charge in [-0.15, -0.1) is 0 Å². The molecule has 202 valence electrons. The van der Waals surface area contributed by atoms with Crippen LogP contribution in [0.1, 0.15) is 5.56 Å². The minimum atomic E-state index is -8.56. The fraction of sp³-hybridized carbons (Fsp3) is 0.562. The SMILES string of the molecule is Cc1ccc(NC(=O)C(F)(F)C(F)(F)C(F)(F)C(F)(F)C(F)(F)C(F)(F)C(F)(F)C(F)F)c(Br)c1. The van der Waals surface area contributed by atoms with Gasteiger partial charge in [0.15, 0.2) is 0 Å². The Morgan fingerprint density at radius 2 is 1.14 bits per heavy atom. The van der Waals surface area contributed by atoms with E-state index in [9.17, 15) is 75.0 Å². The Hall–Kier alpha value is -1.95. The van der Waals surface area contributed by atoms with E-state index in [-0.39, 0.29) is 4.47 Å². The lowest BCUT2D eigenvalue weighted by Crippen LogP contribution is -2.74. The van der Waals surface area contributed by atoms with E-state index in [4.69, 9.17) is 0 Å². The van der Waals surface area contributed by atoms with Crippen molar-refractivity contribution in [2.45, 2.75) is 54.8 Å². The summed E-state index contributed by atoms with van der Waals surface area (Å²) in [6.07, 6.45) is -5.92. The molecule has 0 radical (unpaired) electrons. The molecule has 0 aliphatic heterocycles. The predicted octanol–water partition coefficient (Wildman–Crippen LogP) is 7.41. The average Bonchev–Trinajstić information content (AvgIpc) is 2.68. The van der Waals surface area contributed by atoms with Crippen LogP contribution in [0, 0.1) is 6.92 Å². The highest BCUT2D eigenvalue weighted by Crippen LogP contribution is 2.62. The number of hydrogen-bond donors (Lipinski definition) is 1. The second-order valence-electron chi connectivity index (χ2n) is 6.81. The molecule has 19 heteroatoms. The summed E-state index contributed by atoms with van der Waals surface area (Å²) in [5, 5.41) is 0.867. The van der Waals surface area contributed by atoms with E-state index >= 15 is 0 Å². The lowest BCUT2D eigenvalue weighted by atomic mass is 9.89. The van der Waals surface area contributed by atoms with Crippen LogP contribution in [0.3, 0.4) is 0 Å². The third kappa shape index (κ3) is 4.41. The van der Waals surface area contributed by atoms with Crippen LogP contribution in [-0.2, 0) is 4.79 Å². The number of hydrogen-bond acceptors (Lipinski definition) is 1. The maximum absolute atomic E-state index is 13.9. The van der Waals surface area contributed by atoms with Gasteiger partial charge in [-0.3, -0.25) is 4.79 Å². The summed E-state index contributed by atoms with van der Waals surface area (Å²) in [5.41, 5.74) is -0.540. The maximum atomic E-state index is 13.9. The second kappa shape index (κ2) is 8.86. The van der Waals surface area contributed by atoms with E-state index in [1.807, 2.05) is 0 Å². The molecule has 0 aliphatic carbocycles. The number of carbonyl (C=O) groups is 1. The van der Waals surface area contributed by atoms with Gasteiger partial charge in [0.1, 0.15) is 0 Å². The zero-order valence-electron chi connectivity index (χ0n) is 16.1. The van der Waals surface area contributed by atoms with E-state index in [1.54, 1.807) is 0 Å². The predicted molar refractivity (Wildman–Crippen MR) is 88.1 cm³/mol. The molecule has 0 atom stereocenters. The number of aryl methyl sites for hydroxylation is 1. The molecule has 0 saturated heterocycles. The lowest BCUT2D eigenvalue weighted by Gasteiger charge is -2.42. The maximum Gasteiger partial charge on any atom is 0.393 e. The van der Waals surface area contributed by atoms with E-state index < -0.39 is 59.5 Å². The van der Waals surface area contributed by atoms with E-state index in [0.717, 1.165) is 17.4 Å². The van der Waals surface area contributed by atoms with Gasteiger partial charge < -0.3 is 5.32 Å². The Morgan fingerprint density at radius 3 is 1.54 bits per heavy atom. The zero-order chi connectivity index (χ0) is 28.2. The average molecular weight is 614 g/mol. The molecule has 0 spiro atoms. The van der Waals surface area contributed by atoms with Crippen molar-refractivity contribution in [3.63, 3.8) is 0 Å². The Balaban J connectivity index is 3.56. The highest BCUT2D eigenvalue weighted by Gasteiger charge is 2.94. The lowest BCUT2D eigenvalue weighted by molar-refractivity contribution is -0.443. The molecule has 1 rings (SSSR count). The van der Waals surface area contributed by atoms with Crippen molar-refractivity contribution >= 4 is 27.5 Å². The Kier molecular flexibility index (Phi) is 7.87. The van der Waals surface area contributed by atoms with Crippen molar-refractivity contribution in [3.8, 4) is 0 Å². The van der Waals surface area contributed by atoms with Crippen LogP contribution in [0.2, 0.25) is 0 Å². The van der Waals surface area contributed by atoms with Gasteiger partial charge in [0.2, 0.25) is 0 Å². The van der Waals surface area contributed by atoms with Gasteiger partial charge in [-0.05, 0) is 40.5 Å². The number of rotatable bonds is 9. The minimum Gasteiger partial charge on any atom is -0.320 e. The number of amides is 1. The second-order valence-corrected chi connectivity index (χ2v) is 7.66. The first-order valence-electron chi connectivity index (χ1n) is 8.25. The van der Waals surface area contributed by atoms with Gasteiger partial charge in [0.05, 0.1) is 5.69 Å². The van der Waals surface area contributed by atoms with Gasteiger partial charge in [0, 0.05) is 4.47 Å². The van der Waals surface area contributed by atoms with Gasteiger partial charge in [0.25, 0.3) is 0 Å². The van der Waals surface area contributed by atoms with Crippen LogP contribution < -0.4 is 5.32 Å². The van der Waals surface area contributed by atoms with Crippen molar-refractivity contribution in [1.82, 2.24) is 0 Å². The summed E-state index contributed by atoms with van der Waals surface area (Å²) in [4.78, 5) is 11.5. The Morgan fingerprint density at radius 1 is 0.743 bits per heavy atom. The fourth-order valence-electron chi connectivity index (χ4n) is 2.20. The van der Waals surface area contributed by atoms with Gasteiger partial charge in [-0.1, -0.05) is 6.07 Å². The number of carbonyl (C=O) groups excluding carboxylic acids is 1. The molecule has 1 aromatic carbocycles. The molecular weight excluding hydrogens is 606 g/mol. The highest BCUT2D eigenvalue weighted by atomic mass is 79.9. The zero-order valence-corrected chi connectivity index (χ0v) is 17.7. The van der Waals surface area contributed by atoms with Crippen LogP contribution in [0.4, 0.5) is 75.9 Å². The molecule has 1 N–H and O–H groups in total. The molecular formula is C16H8BrF16NO. The van der Waals surface area contributed by atoms with E-state index in [1.165, 1.54) is 6.92 Å². The van der Waals surface area contributed by atoms with Gasteiger partial charge in [-0.2, -0.15) is 61.5 Å². The normalized spacial score (nSPS) is 14.9. The summed E-state index contributed by atoms with van der Waals surface area (Å²) in [7, 11) is 0. The fourth-order valence-corrected chi connectivity index (χ4v) is 2.79. The van der Waals surface area contributed by atoms with Crippen LogP contribution in [-0.4, -0.2) is 53.8 Å². The highest BCUT2D eigenvalue weighted by molar-refractivity contribution is 9.10. The van der Waals surface area contributed by atoms with Crippen LogP contribution >= 0.6 is 15.9 Å². The standard InChI is InChI=1S/C16H8BrF16NO/c1-5-2-3-7(6(17)4-5)34-9(35)11(22,23)13(26,27)15(30,31)16(32,33)14(28,29)12(24,25)10(20,21)8(18)19/h2-4,8H,1H3,(H,34,35). The summed E-state index contributed by atoms with van der Waals surface area (Å²) < 4.78 is 212. The number of benzene rings is 1.